The first kappa shape index (κ1) is 42.5. The van der Waals surface area contributed by atoms with Gasteiger partial charge in [0, 0.05) is 40.0 Å². The van der Waals surface area contributed by atoms with Gasteiger partial charge >= 0.3 is 18.0 Å². The summed E-state index contributed by atoms with van der Waals surface area (Å²) in [4.78, 5) is 71.0. The number of ether oxygens (including phenoxy) is 4. The molecular formula is C41H50N6O9. The van der Waals surface area contributed by atoms with Crippen LogP contribution in [0.5, 0.6) is 5.75 Å². The van der Waals surface area contributed by atoms with E-state index in [-0.39, 0.29) is 39.8 Å². The summed E-state index contributed by atoms with van der Waals surface area (Å²) in [6, 6.07) is 11.4. The maximum Gasteiger partial charge on any atom is 0.408 e. The molecule has 1 saturated carbocycles. The van der Waals surface area contributed by atoms with Gasteiger partial charge in [-0.2, -0.15) is 0 Å². The number of hydrogen-bond donors (Lipinski definition) is 5. The van der Waals surface area contributed by atoms with E-state index in [2.05, 4.69) is 27.5 Å². The highest BCUT2D eigenvalue weighted by molar-refractivity contribution is 6.11. The summed E-state index contributed by atoms with van der Waals surface area (Å²) in [5, 5.41) is 15.8. The van der Waals surface area contributed by atoms with Crippen molar-refractivity contribution in [3.05, 3.63) is 83.2 Å². The summed E-state index contributed by atoms with van der Waals surface area (Å²) in [5.41, 5.74) is 6.29. The van der Waals surface area contributed by atoms with E-state index in [0.29, 0.717) is 35.0 Å². The number of alkyl carbamates (subject to hydrolysis) is 1. The number of pyridine rings is 1. The third kappa shape index (κ3) is 11.6. The van der Waals surface area contributed by atoms with Crippen molar-refractivity contribution in [3.8, 4) is 16.9 Å². The number of methoxy groups -OCH3 is 1. The summed E-state index contributed by atoms with van der Waals surface area (Å²) in [6.45, 7) is 13.9. The maximum atomic E-state index is 13.9. The number of anilines is 1. The van der Waals surface area contributed by atoms with Gasteiger partial charge in [-0.05, 0) is 101 Å². The number of carbonyl (C=O) groups is 5. The zero-order valence-corrected chi connectivity index (χ0v) is 32.7. The first-order chi connectivity index (χ1) is 26.4. The SMILES string of the molecule is C=Cc1cc(C(=O)Nc2ccc(C(=N)N)cc2)c(-c2ccc(C(=O)NCC3CC3)nc2C(=O)OCC(C)OC(=O)C(NC(=O)OC(C)(C)C)C(C)C)cc1OC. The van der Waals surface area contributed by atoms with Gasteiger partial charge < -0.3 is 40.6 Å². The minimum atomic E-state index is -1.05. The third-order valence-electron chi connectivity index (χ3n) is 8.51. The van der Waals surface area contributed by atoms with Crippen LogP contribution < -0.4 is 26.4 Å². The van der Waals surface area contributed by atoms with Gasteiger partial charge in [0.25, 0.3) is 11.8 Å². The number of aromatic nitrogens is 1. The van der Waals surface area contributed by atoms with Crippen LogP contribution in [0.2, 0.25) is 0 Å². The Hall–Kier alpha value is -6.25. The Bertz CT molecular complexity index is 1980. The number of amidine groups is 1. The second kappa shape index (κ2) is 18.4. The van der Waals surface area contributed by atoms with Crippen molar-refractivity contribution in [1.29, 1.82) is 5.41 Å². The molecule has 1 aliphatic carbocycles. The second-order valence-corrected chi connectivity index (χ2v) is 14.7. The van der Waals surface area contributed by atoms with Gasteiger partial charge in [0.1, 0.15) is 41.6 Å². The molecule has 0 aliphatic heterocycles. The van der Waals surface area contributed by atoms with Crippen LogP contribution in [0, 0.1) is 17.2 Å². The van der Waals surface area contributed by atoms with E-state index in [4.69, 9.17) is 30.1 Å². The van der Waals surface area contributed by atoms with Crippen LogP contribution in [0.1, 0.15) is 96.8 Å². The van der Waals surface area contributed by atoms with Crippen LogP contribution in [0.4, 0.5) is 10.5 Å². The zero-order valence-electron chi connectivity index (χ0n) is 32.7. The number of nitrogens with two attached hydrogens (primary N) is 1. The van der Waals surface area contributed by atoms with Crippen molar-refractivity contribution in [2.75, 3.05) is 25.6 Å². The van der Waals surface area contributed by atoms with Crippen molar-refractivity contribution in [1.82, 2.24) is 15.6 Å². The van der Waals surface area contributed by atoms with E-state index in [1.165, 1.54) is 32.2 Å². The van der Waals surface area contributed by atoms with Crippen LogP contribution in [0.25, 0.3) is 17.2 Å². The number of rotatable bonds is 16. The van der Waals surface area contributed by atoms with E-state index in [1.54, 1.807) is 71.0 Å². The zero-order chi connectivity index (χ0) is 41.3. The fraction of sp³-hybridized carbons (Fsp3) is 0.390. The first-order valence-electron chi connectivity index (χ1n) is 18.2. The van der Waals surface area contributed by atoms with Crippen molar-refractivity contribution in [3.63, 3.8) is 0 Å². The molecule has 2 unspecified atom stereocenters. The number of carbonyl (C=O) groups excluding carboxylic acids is 5. The fourth-order valence-electron chi connectivity index (χ4n) is 5.38. The molecule has 298 valence electrons. The Morgan fingerprint density at radius 3 is 2.25 bits per heavy atom. The largest absolute Gasteiger partial charge is 0.496 e. The Labute approximate surface area is 326 Å². The molecule has 2 aromatic carbocycles. The molecule has 1 fully saturated rings. The first-order valence-corrected chi connectivity index (χ1v) is 18.2. The second-order valence-electron chi connectivity index (χ2n) is 14.7. The Balaban J connectivity index is 1.66. The van der Waals surface area contributed by atoms with Crippen molar-refractivity contribution < 1.29 is 42.9 Å². The summed E-state index contributed by atoms with van der Waals surface area (Å²) < 4.78 is 22.0. The van der Waals surface area contributed by atoms with E-state index in [0.717, 1.165) is 12.8 Å². The third-order valence-corrected chi connectivity index (χ3v) is 8.51. The summed E-state index contributed by atoms with van der Waals surface area (Å²) in [7, 11) is 1.44. The van der Waals surface area contributed by atoms with Crippen molar-refractivity contribution in [2.24, 2.45) is 17.6 Å². The van der Waals surface area contributed by atoms with Gasteiger partial charge in [0.15, 0.2) is 5.69 Å². The molecule has 56 heavy (non-hydrogen) atoms. The van der Waals surface area contributed by atoms with E-state index in [1.807, 2.05) is 0 Å². The lowest BCUT2D eigenvalue weighted by Gasteiger charge is -2.25. The van der Waals surface area contributed by atoms with Crippen LogP contribution in [-0.4, -0.2) is 78.7 Å². The summed E-state index contributed by atoms with van der Waals surface area (Å²) in [6.07, 6.45) is 1.77. The smallest absolute Gasteiger partial charge is 0.408 e. The van der Waals surface area contributed by atoms with Gasteiger partial charge in [-0.15, -0.1) is 0 Å². The predicted molar refractivity (Wildman–Crippen MR) is 211 cm³/mol. The number of hydrogen-bond acceptors (Lipinski definition) is 11. The predicted octanol–water partition coefficient (Wildman–Crippen LogP) is 5.71. The van der Waals surface area contributed by atoms with Gasteiger partial charge in [-0.1, -0.05) is 26.5 Å². The topological polar surface area (TPSA) is 221 Å². The lowest BCUT2D eigenvalue weighted by molar-refractivity contribution is -0.154. The normalized spacial score (nSPS) is 13.4. The molecule has 6 N–H and O–H groups in total. The Kier molecular flexibility index (Phi) is 14.0. The quantitative estimate of drug-likeness (QED) is 0.0514. The lowest BCUT2D eigenvalue weighted by atomic mass is 9.94. The fourth-order valence-corrected chi connectivity index (χ4v) is 5.38. The monoisotopic (exact) mass is 770 g/mol. The highest BCUT2D eigenvalue weighted by Crippen LogP contribution is 2.35. The van der Waals surface area contributed by atoms with E-state index < -0.39 is 54.2 Å². The summed E-state index contributed by atoms with van der Waals surface area (Å²) >= 11 is 0. The van der Waals surface area contributed by atoms with Gasteiger partial charge in [-0.3, -0.25) is 15.0 Å². The Morgan fingerprint density at radius 1 is 1.00 bits per heavy atom. The maximum absolute atomic E-state index is 13.9. The molecule has 1 heterocycles. The highest BCUT2D eigenvalue weighted by Gasteiger charge is 2.31. The van der Waals surface area contributed by atoms with Crippen molar-refractivity contribution in [2.45, 2.75) is 72.1 Å². The molecular weight excluding hydrogens is 720 g/mol. The molecule has 15 nitrogen and oxygen atoms in total. The lowest BCUT2D eigenvalue weighted by Crippen LogP contribution is -2.48. The minimum absolute atomic E-state index is 0.0555. The molecule has 3 aromatic rings. The average Bonchev–Trinajstić information content (AvgIpc) is 3.98. The standard InChI is InChI=1S/C41H50N6O9/c1-9-25-18-30(36(48)45-27-14-12-26(13-15-27)35(42)43)29(19-32(25)53-8)28-16-17-31(37(49)44-20-24-10-11-24)46-34(28)38(50)54-21-23(4)55-39(51)33(22(2)3)47-40(52)56-41(5,6)7/h9,12-19,22-24,33H,1,10-11,20-21H2,2-8H3,(H3,42,43)(H,44,49)(H,45,48)(H,47,52). The molecule has 15 heteroatoms. The molecule has 0 radical (unpaired) electrons. The van der Waals surface area contributed by atoms with Gasteiger partial charge in [0.2, 0.25) is 0 Å². The summed E-state index contributed by atoms with van der Waals surface area (Å²) in [5.74, 6) is -2.56. The van der Waals surface area contributed by atoms with E-state index in [9.17, 15) is 24.0 Å². The molecule has 1 aliphatic rings. The molecule has 4 rings (SSSR count). The number of nitrogen functional groups attached to an aromatic ring is 1. The van der Waals surface area contributed by atoms with Crippen LogP contribution in [0.3, 0.4) is 0 Å². The molecule has 0 bridgehead atoms. The van der Waals surface area contributed by atoms with Gasteiger partial charge in [0.05, 0.1) is 7.11 Å². The van der Waals surface area contributed by atoms with E-state index >= 15 is 0 Å². The number of benzene rings is 2. The number of nitrogens with zero attached hydrogens (tertiary/aromatic N) is 1. The molecule has 3 amide bonds. The molecule has 0 spiro atoms. The number of amides is 3. The van der Waals surface area contributed by atoms with Crippen LogP contribution in [-0.2, 0) is 19.0 Å². The minimum Gasteiger partial charge on any atom is -0.496 e. The van der Waals surface area contributed by atoms with Gasteiger partial charge in [-0.25, -0.2) is 19.4 Å². The Morgan fingerprint density at radius 2 is 1.68 bits per heavy atom. The van der Waals surface area contributed by atoms with Crippen LogP contribution in [0.15, 0.2) is 55.1 Å². The molecule has 2 atom stereocenters. The number of esters is 2. The number of nitrogens with one attached hydrogen (secondary N) is 4. The molecule has 1 aromatic heterocycles. The molecule has 0 saturated heterocycles. The van der Waals surface area contributed by atoms with Crippen molar-refractivity contribution >= 4 is 47.4 Å². The average molecular weight is 771 g/mol. The van der Waals surface area contributed by atoms with Crippen LogP contribution >= 0.6 is 0 Å². The highest BCUT2D eigenvalue weighted by atomic mass is 16.6.